The van der Waals surface area contributed by atoms with Gasteiger partial charge in [-0.1, -0.05) is 0 Å². The normalized spacial score (nSPS) is 22.3. The number of β-amino-alcohol motifs (C(OH)–C–C–N with tert-alkyl or cyclic N) is 1. The molecule has 0 aromatic carbocycles. The Morgan fingerprint density at radius 2 is 2.31 bits per heavy atom. The molecule has 1 aliphatic heterocycles. The Kier molecular flexibility index (Phi) is 2.14. The van der Waals surface area contributed by atoms with Crippen LogP contribution in [0, 0.1) is 6.92 Å². The first-order valence-electron chi connectivity index (χ1n) is 4.47. The van der Waals surface area contributed by atoms with Crippen molar-refractivity contribution in [2.75, 3.05) is 18.0 Å². The number of hydrogen-bond donors (Lipinski definition) is 1. The average molecular weight is 179 g/mol. The summed E-state index contributed by atoms with van der Waals surface area (Å²) in [6.45, 7) is 3.46. The summed E-state index contributed by atoms with van der Waals surface area (Å²) < 4.78 is 0. The smallest absolute Gasteiger partial charge is 0.147 e. The molecule has 2 heterocycles. The van der Waals surface area contributed by atoms with Gasteiger partial charge in [0.2, 0.25) is 0 Å². The lowest BCUT2D eigenvalue weighted by molar-refractivity contribution is 0.198. The van der Waals surface area contributed by atoms with Gasteiger partial charge in [0.15, 0.2) is 0 Å². The molecular weight excluding hydrogens is 166 g/mol. The van der Waals surface area contributed by atoms with Crippen molar-refractivity contribution in [3.63, 3.8) is 0 Å². The van der Waals surface area contributed by atoms with Crippen LogP contribution in [0.25, 0.3) is 0 Å². The van der Waals surface area contributed by atoms with E-state index in [1.807, 2.05) is 6.92 Å². The first-order valence-corrected chi connectivity index (χ1v) is 4.47. The van der Waals surface area contributed by atoms with E-state index < -0.39 is 0 Å². The minimum atomic E-state index is -0.205. The fourth-order valence-electron chi connectivity index (χ4n) is 1.50. The second-order valence-corrected chi connectivity index (χ2v) is 3.40. The van der Waals surface area contributed by atoms with Crippen LogP contribution >= 0.6 is 0 Å². The molecule has 2 rings (SSSR count). The topological polar surface area (TPSA) is 49.2 Å². The van der Waals surface area contributed by atoms with Crippen LogP contribution in [-0.4, -0.2) is 34.3 Å². The number of hydrogen-bond acceptors (Lipinski definition) is 4. The molecule has 1 aromatic rings. The molecule has 0 amide bonds. The highest BCUT2D eigenvalue weighted by Gasteiger charge is 2.21. The van der Waals surface area contributed by atoms with Gasteiger partial charge in [-0.2, -0.15) is 0 Å². The first kappa shape index (κ1) is 8.44. The molecule has 0 aliphatic carbocycles. The molecule has 4 heteroatoms. The van der Waals surface area contributed by atoms with Crippen molar-refractivity contribution < 1.29 is 5.11 Å². The summed E-state index contributed by atoms with van der Waals surface area (Å²) in [4.78, 5) is 10.5. The minimum Gasteiger partial charge on any atom is -0.391 e. The number of nitrogens with zero attached hydrogens (tertiary/aromatic N) is 3. The van der Waals surface area contributed by atoms with Crippen LogP contribution in [0.3, 0.4) is 0 Å². The Morgan fingerprint density at radius 3 is 2.85 bits per heavy atom. The van der Waals surface area contributed by atoms with E-state index in [1.165, 1.54) is 0 Å². The second kappa shape index (κ2) is 3.30. The number of rotatable bonds is 1. The fraction of sp³-hybridized carbons (Fsp3) is 0.556. The molecule has 70 valence electrons. The third-order valence-electron chi connectivity index (χ3n) is 2.25. The van der Waals surface area contributed by atoms with Crippen molar-refractivity contribution in [2.24, 2.45) is 0 Å². The van der Waals surface area contributed by atoms with Gasteiger partial charge in [0.05, 0.1) is 24.2 Å². The van der Waals surface area contributed by atoms with Crippen molar-refractivity contribution in [3.8, 4) is 0 Å². The van der Waals surface area contributed by atoms with Gasteiger partial charge in [0.1, 0.15) is 5.82 Å². The molecule has 1 aromatic heterocycles. The Hall–Kier alpha value is -1.16. The molecule has 1 unspecified atom stereocenters. The van der Waals surface area contributed by atoms with Crippen molar-refractivity contribution in [3.05, 3.63) is 18.1 Å². The molecule has 0 bridgehead atoms. The zero-order valence-corrected chi connectivity index (χ0v) is 7.64. The summed E-state index contributed by atoms with van der Waals surface area (Å²) in [5.74, 6) is 0.863. The van der Waals surface area contributed by atoms with Crippen LogP contribution in [-0.2, 0) is 0 Å². The Labute approximate surface area is 77.2 Å². The highest BCUT2D eigenvalue weighted by molar-refractivity contribution is 5.37. The first-order chi connectivity index (χ1) is 6.25. The Balaban J connectivity index is 2.13. The maximum absolute atomic E-state index is 9.33. The zero-order valence-electron chi connectivity index (χ0n) is 7.64. The SMILES string of the molecule is Cc1cnc(N2CCC(O)C2)cn1. The van der Waals surface area contributed by atoms with E-state index in [-0.39, 0.29) is 6.10 Å². The summed E-state index contributed by atoms with van der Waals surface area (Å²) in [6, 6.07) is 0. The van der Waals surface area contributed by atoms with Gasteiger partial charge in [-0.3, -0.25) is 4.98 Å². The molecule has 0 radical (unpaired) electrons. The van der Waals surface area contributed by atoms with Gasteiger partial charge in [0, 0.05) is 13.1 Å². The predicted octanol–water partition coefficient (Wildman–Crippen LogP) is 0.356. The van der Waals surface area contributed by atoms with E-state index >= 15 is 0 Å². The second-order valence-electron chi connectivity index (χ2n) is 3.40. The molecule has 1 saturated heterocycles. The van der Waals surface area contributed by atoms with Crippen LogP contribution in [0.1, 0.15) is 12.1 Å². The lowest BCUT2D eigenvalue weighted by atomic mass is 10.3. The lowest BCUT2D eigenvalue weighted by Gasteiger charge is -2.15. The summed E-state index contributed by atoms with van der Waals surface area (Å²) in [7, 11) is 0. The fourth-order valence-corrected chi connectivity index (χ4v) is 1.50. The third-order valence-corrected chi connectivity index (χ3v) is 2.25. The van der Waals surface area contributed by atoms with E-state index in [2.05, 4.69) is 14.9 Å². The molecule has 0 saturated carbocycles. The van der Waals surface area contributed by atoms with Crippen LogP contribution in [0.15, 0.2) is 12.4 Å². The van der Waals surface area contributed by atoms with Gasteiger partial charge in [-0.15, -0.1) is 0 Å². The van der Waals surface area contributed by atoms with Crippen LogP contribution in [0.5, 0.6) is 0 Å². The minimum absolute atomic E-state index is 0.205. The standard InChI is InChI=1S/C9H13N3O/c1-7-4-11-9(5-10-7)12-3-2-8(13)6-12/h4-5,8,13H,2-3,6H2,1H3. The van der Waals surface area contributed by atoms with Crippen LogP contribution in [0.2, 0.25) is 0 Å². The number of aliphatic hydroxyl groups excluding tert-OH is 1. The number of anilines is 1. The zero-order chi connectivity index (χ0) is 9.26. The molecule has 1 N–H and O–H groups in total. The van der Waals surface area contributed by atoms with Gasteiger partial charge in [-0.25, -0.2) is 4.98 Å². The largest absolute Gasteiger partial charge is 0.391 e. The quantitative estimate of drug-likeness (QED) is 0.676. The average Bonchev–Trinajstić information content (AvgIpc) is 2.53. The van der Waals surface area contributed by atoms with Crippen molar-refractivity contribution in [2.45, 2.75) is 19.4 Å². The number of aliphatic hydroxyl groups is 1. The lowest BCUT2D eigenvalue weighted by Crippen LogP contribution is -2.22. The monoisotopic (exact) mass is 179 g/mol. The van der Waals surface area contributed by atoms with Crippen molar-refractivity contribution in [1.29, 1.82) is 0 Å². The van der Waals surface area contributed by atoms with Crippen molar-refractivity contribution in [1.82, 2.24) is 9.97 Å². The van der Waals surface area contributed by atoms with Crippen LogP contribution in [0.4, 0.5) is 5.82 Å². The van der Waals surface area contributed by atoms with Gasteiger partial charge in [0.25, 0.3) is 0 Å². The predicted molar refractivity (Wildman–Crippen MR) is 49.6 cm³/mol. The maximum Gasteiger partial charge on any atom is 0.147 e. The summed E-state index contributed by atoms with van der Waals surface area (Å²) in [6.07, 6.45) is 4.13. The van der Waals surface area contributed by atoms with E-state index in [1.54, 1.807) is 12.4 Å². The summed E-state index contributed by atoms with van der Waals surface area (Å²) in [5, 5.41) is 9.33. The summed E-state index contributed by atoms with van der Waals surface area (Å²) >= 11 is 0. The highest BCUT2D eigenvalue weighted by Crippen LogP contribution is 2.16. The summed E-state index contributed by atoms with van der Waals surface area (Å²) in [5.41, 5.74) is 0.920. The van der Waals surface area contributed by atoms with Crippen LogP contribution < -0.4 is 4.90 Å². The van der Waals surface area contributed by atoms with E-state index in [0.717, 1.165) is 24.5 Å². The molecule has 1 fully saturated rings. The third kappa shape index (κ3) is 1.78. The van der Waals surface area contributed by atoms with Gasteiger partial charge in [-0.05, 0) is 13.3 Å². The van der Waals surface area contributed by atoms with E-state index in [0.29, 0.717) is 6.54 Å². The maximum atomic E-state index is 9.33. The molecule has 1 aliphatic rings. The Bertz CT molecular complexity index is 285. The molecule has 0 spiro atoms. The van der Waals surface area contributed by atoms with Gasteiger partial charge < -0.3 is 10.0 Å². The molecule has 4 nitrogen and oxygen atoms in total. The number of aromatic nitrogens is 2. The van der Waals surface area contributed by atoms with E-state index in [9.17, 15) is 5.11 Å². The number of aryl methyl sites for hydroxylation is 1. The highest BCUT2D eigenvalue weighted by atomic mass is 16.3. The molecule has 13 heavy (non-hydrogen) atoms. The van der Waals surface area contributed by atoms with E-state index in [4.69, 9.17) is 0 Å². The Morgan fingerprint density at radius 1 is 1.46 bits per heavy atom. The van der Waals surface area contributed by atoms with Gasteiger partial charge >= 0.3 is 0 Å². The molecule has 1 atom stereocenters. The molecular formula is C9H13N3O. The van der Waals surface area contributed by atoms with Crippen molar-refractivity contribution >= 4 is 5.82 Å².